The lowest BCUT2D eigenvalue weighted by molar-refractivity contribution is -0.279. The van der Waals surface area contributed by atoms with E-state index in [9.17, 15) is 9.90 Å². The van der Waals surface area contributed by atoms with Gasteiger partial charge in [-0.3, -0.25) is 0 Å². The van der Waals surface area contributed by atoms with Crippen LogP contribution in [0.5, 0.6) is 5.75 Å². The van der Waals surface area contributed by atoms with Crippen LogP contribution in [0.3, 0.4) is 0 Å². The average molecular weight is 379 g/mol. The summed E-state index contributed by atoms with van der Waals surface area (Å²) in [6.07, 6.45) is -8.72. The Morgan fingerprint density at radius 3 is 2.16 bits per heavy atom. The van der Waals surface area contributed by atoms with Crippen molar-refractivity contribution in [3.05, 3.63) is 28.3 Å². The summed E-state index contributed by atoms with van der Waals surface area (Å²) in [6.45, 7) is 5.94. The zero-order valence-electron chi connectivity index (χ0n) is 14.0. The molecule has 0 aliphatic carbocycles. The molecule has 1 aromatic rings. The summed E-state index contributed by atoms with van der Waals surface area (Å²) in [7, 11) is 0. The van der Waals surface area contributed by atoms with Crippen LogP contribution >= 0.6 is 11.6 Å². The maximum atomic E-state index is 10.4. The Labute approximate surface area is 149 Å². The number of phenolic OH excluding ortho intramolecular Hbond substituents is 1. The van der Waals surface area contributed by atoms with Crippen LogP contribution in [-0.4, -0.2) is 67.3 Å². The van der Waals surface area contributed by atoms with Crippen LogP contribution < -0.4 is 0 Å². The number of hydrogen-bond donors (Lipinski definition) is 6. The van der Waals surface area contributed by atoms with E-state index in [0.717, 1.165) is 11.1 Å². The number of ether oxygens (including phenoxy) is 1. The molecule has 5 atom stereocenters. The summed E-state index contributed by atoms with van der Waals surface area (Å²) < 4.78 is 4.34. The highest BCUT2D eigenvalue weighted by molar-refractivity contribution is 6.32. The molecule has 8 nitrogen and oxygen atoms in total. The van der Waals surface area contributed by atoms with Gasteiger partial charge < -0.3 is 35.4 Å². The number of hydrogen-bond acceptors (Lipinski definition) is 7. The first-order valence-corrected chi connectivity index (χ1v) is 7.95. The van der Waals surface area contributed by atoms with Gasteiger partial charge in [-0.05, 0) is 24.0 Å². The number of phenols is 1. The quantitative estimate of drug-likeness (QED) is 0.432. The molecule has 0 unspecified atom stereocenters. The predicted molar refractivity (Wildman–Crippen MR) is 88.5 cm³/mol. The van der Waals surface area contributed by atoms with E-state index in [4.69, 9.17) is 37.1 Å². The van der Waals surface area contributed by atoms with Crippen molar-refractivity contribution in [3.8, 4) is 5.75 Å². The molecule has 0 bridgehead atoms. The maximum absolute atomic E-state index is 10.4. The Morgan fingerprint density at radius 1 is 1.12 bits per heavy atom. The van der Waals surface area contributed by atoms with Crippen molar-refractivity contribution >= 4 is 17.6 Å². The minimum absolute atomic E-state index is 0.228. The Morgan fingerprint density at radius 2 is 1.68 bits per heavy atom. The molecule has 1 aliphatic heterocycles. The minimum atomic E-state index is -1.81. The number of rotatable bonds is 2. The summed E-state index contributed by atoms with van der Waals surface area (Å²) in [5.41, 5.74) is 1.82. The lowest BCUT2D eigenvalue weighted by atomic mass is 9.99. The third kappa shape index (κ3) is 5.04. The van der Waals surface area contributed by atoms with Crippen molar-refractivity contribution in [2.45, 2.75) is 57.4 Å². The Bertz CT molecular complexity index is 606. The van der Waals surface area contributed by atoms with Crippen LogP contribution in [-0.2, 0) is 9.53 Å². The number of aliphatic hydroxyl groups excluding tert-OH is 4. The molecule has 1 heterocycles. The summed E-state index contributed by atoms with van der Waals surface area (Å²) in [4.78, 5) is 10.4. The molecule has 2 rings (SSSR count). The highest BCUT2D eigenvalue weighted by atomic mass is 35.5. The molecular formula is C16H23ClO8. The van der Waals surface area contributed by atoms with Crippen LogP contribution in [0.2, 0.25) is 5.02 Å². The third-order valence-corrected chi connectivity index (χ3v) is 4.27. The van der Waals surface area contributed by atoms with Crippen LogP contribution in [0.25, 0.3) is 0 Å². The summed E-state index contributed by atoms with van der Waals surface area (Å²) in [5, 5.41) is 54.5. The number of aliphatic hydroxyl groups is 4. The van der Waals surface area contributed by atoms with E-state index in [1.165, 1.54) is 0 Å². The molecule has 25 heavy (non-hydrogen) atoms. The van der Waals surface area contributed by atoms with Gasteiger partial charge in [0, 0.05) is 0 Å². The van der Waals surface area contributed by atoms with Crippen molar-refractivity contribution in [3.63, 3.8) is 0 Å². The number of aliphatic carboxylic acids is 1. The Balaban J connectivity index is 0.000000251. The largest absolute Gasteiger partial charge is 0.506 e. The van der Waals surface area contributed by atoms with E-state index in [1.807, 2.05) is 32.9 Å². The Kier molecular flexibility index (Phi) is 7.61. The van der Waals surface area contributed by atoms with Gasteiger partial charge in [-0.25, -0.2) is 4.79 Å². The number of aryl methyl sites for hydroxylation is 1. The monoisotopic (exact) mass is 378 g/mol. The van der Waals surface area contributed by atoms with Crippen LogP contribution in [0.15, 0.2) is 12.1 Å². The fraction of sp³-hybridized carbons (Fsp3) is 0.562. The van der Waals surface area contributed by atoms with Gasteiger partial charge in [-0.2, -0.15) is 0 Å². The number of aromatic hydroxyl groups is 1. The van der Waals surface area contributed by atoms with Gasteiger partial charge in [0.1, 0.15) is 24.1 Å². The van der Waals surface area contributed by atoms with Crippen LogP contribution in [0, 0.1) is 6.92 Å². The van der Waals surface area contributed by atoms with Crippen molar-refractivity contribution in [2.75, 3.05) is 0 Å². The molecule has 1 aliphatic rings. The fourth-order valence-corrected chi connectivity index (χ4v) is 2.38. The minimum Gasteiger partial charge on any atom is -0.506 e. The first-order chi connectivity index (χ1) is 11.5. The first-order valence-electron chi connectivity index (χ1n) is 7.57. The first kappa shape index (κ1) is 21.6. The number of carbonyl (C=O) groups is 1. The zero-order chi connectivity index (χ0) is 19.5. The number of carboxylic acid groups (broad SMARTS) is 1. The fourth-order valence-electron chi connectivity index (χ4n) is 2.21. The van der Waals surface area contributed by atoms with Gasteiger partial charge in [-0.15, -0.1) is 0 Å². The second-order valence-electron chi connectivity index (χ2n) is 6.05. The number of carboxylic acids is 1. The second kappa shape index (κ2) is 8.79. The number of benzene rings is 1. The third-order valence-electron chi connectivity index (χ3n) is 3.79. The maximum Gasteiger partial charge on any atom is 0.335 e. The lowest BCUT2D eigenvalue weighted by Crippen LogP contribution is -2.59. The molecule has 9 heteroatoms. The van der Waals surface area contributed by atoms with Crippen molar-refractivity contribution in [1.29, 1.82) is 0 Å². The van der Waals surface area contributed by atoms with E-state index < -0.39 is 36.7 Å². The number of halogens is 1. The normalized spacial score (nSPS) is 29.1. The highest BCUT2D eigenvalue weighted by Crippen LogP contribution is 2.34. The van der Waals surface area contributed by atoms with E-state index in [1.54, 1.807) is 0 Å². The van der Waals surface area contributed by atoms with Crippen LogP contribution in [0.1, 0.15) is 30.9 Å². The molecule has 1 aromatic carbocycles. The average Bonchev–Trinajstić information content (AvgIpc) is 2.54. The second-order valence-corrected chi connectivity index (χ2v) is 6.42. The molecule has 0 spiro atoms. The van der Waals surface area contributed by atoms with Gasteiger partial charge in [0.2, 0.25) is 0 Å². The zero-order valence-corrected chi connectivity index (χ0v) is 14.8. The van der Waals surface area contributed by atoms with Crippen LogP contribution in [0.4, 0.5) is 0 Å². The molecule has 0 aromatic heterocycles. The van der Waals surface area contributed by atoms with Gasteiger partial charge in [-0.1, -0.05) is 37.6 Å². The van der Waals surface area contributed by atoms with Crippen molar-refractivity contribution in [2.24, 2.45) is 0 Å². The van der Waals surface area contributed by atoms with Gasteiger partial charge in [0.15, 0.2) is 12.4 Å². The van der Waals surface area contributed by atoms with Gasteiger partial charge in [0.05, 0.1) is 5.02 Å². The molecule has 1 saturated heterocycles. The van der Waals surface area contributed by atoms with E-state index >= 15 is 0 Å². The smallest absolute Gasteiger partial charge is 0.335 e. The highest BCUT2D eigenvalue weighted by Gasteiger charge is 2.46. The van der Waals surface area contributed by atoms with E-state index in [2.05, 4.69) is 4.74 Å². The van der Waals surface area contributed by atoms with Gasteiger partial charge in [0.25, 0.3) is 0 Å². The summed E-state index contributed by atoms with van der Waals surface area (Å²) in [6, 6.07) is 3.85. The predicted octanol–water partition coefficient (Wildman–Crippen LogP) is 0.348. The summed E-state index contributed by atoms with van der Waals surface area (Å²) in [5.74, 6) is -0.979. The molecule has 1 fully saturated rings. The Hall–Kier alpha value is -1.42. The molecule has 0 radical (unpaired) electrons. The molecular weight excluding hydrogens is 356 g/mol. The van der Waals surface area contributed by atoms with Gasteiger partial charge >= 0.3 is 5.97 Å². The van der Waals surface area contributed by atoms with Crippen molar-refractivity contribution < 1.29 is 40.2 Å². The summed E-state index contributed by atoms with van der Waals surface area (Å²) >= 11 is 5.88. The standard InChI is InChI=1S/C10H13ClO.C6H10O7/c1-6(2)8-5-4-7(3)9(11)10(8)12;7-1-2(8)4(5(10)11)13-6(12)3(1)9/h4-6,12H,1-3H3;1-4,6-9,12H,(H,10,11)/t;1-,2-,3+,4-,6+/m.0/s1. The van der Waals surface area contributed by atoms with Crippen molar-refractivity contribution in [1.82, 2.24) is 0 Å². The molecule has 0 amide bonds. The van der Waals surface area contributed by atoms with E-state index in [0.29, 0.717) is 10.9 Å². The lowest BCUT2D eigenvalue weighted by Gasteiger charge is -2.36. The molecule has 0 saturated carbocycles. The molecule has 142 valence electrons. The van der Waals surface area contributed by atoms with E-state index in [-0.39, 0.29) is 5.75 Å². The molecule has 6 N–H and O–H groups in total. The SMILES string of the molecule is Cc1ccc(C(C)C)c(O)c1Cl.O=C(O)[C@H]1O[C@@H](O)[C@H](O)[C@@H](O)[C@@H]1O. The topological polar surface area (TPSA) is 148 Å².